The summed E-state index contributed by atoms with van der Waals surface area (Å²) < 4.78 is 5.32. The summed E-state index contributed by atoms with van der Waals surface area (Å²) in [5, 5.41) is 2.95. The van der Waals surface area contributed by atoms with Crippen LogP contribution in [0.3, 0.4) is 0 Å². The van der Waals surface area contributed by atoms with Gasteiger partial charge in [-0.2, -0.15) is 0 Å². The van der Waals surface area contributed by atoms with Crippen molar-refractivity contribution in [3.8, 4) is 5.75 Å². The lowest BCUT2D eigenvalue weighted by atomic mass is 10.0. The lowest BCUT2D eigenvalue weighted by Crippen LogP contribution is -2.43. The Morgan fingerprint density at radius 3 is 2.45 bits per heavy atom. The number of nitrogens with two attached hydrogens (primary N) is 1. The smallest absolute Gasteiger partial charge is 0.237 e. The average molecular weight is 298 g/mol. The van der Waals surface area contributed by atoms with Gasteiger partial charge in [-0.25, -0.2) is 0 Å². The molecule has 3 N–H and O–H groups in total. The molecule has 116 valence electrons. The molecular weight excluding hydrogens is 276 g/mol. The Balaban J connectivity index is 1.98. The van der Waals surface area contributed by atoms with Gasteiger partial charge in [0, 0.05) is 5.56 Å². The first kappa shape index (κ1) is 16.0. The van der Waals surface area contributed by atoms with Crippen molar-refractivity contribution in [1.82, 2.24) is 5.32 Å². The van der Waals surface area contributed by atoms with E-state index in [1.807, 2.05) is 61.5 Å². The minimum atomic E-state index is -0.570. The zero-order valence-electron chi connectivity index (χ0n) is 13.0. The molecule has 0 radical (unpaired) electrons. The molecule has 0 aromatic heterocycles. The third-order valence-corrected chi connectivity index (χ3v) is 3.60. The van der Waals surface area contributed by atoms with E-state index in [1.165, 1.54) is 0 Å². The molecular formula is C18H22N2O2. The first-order chi connectivity index (χ1) is 10.6. The van der Waals surface area contributed by atoms with Crippen molar-refractivity contribution in [2.45, 2.75) is 25.4 Å². The van der Waals surface area contributed by atoms with Crippen molar-refractivity contribution < 1.29 is 9.53 Å². The number of methoxy groups -OCH3 is 1. The van der Waals surface area contributed by atoms with Crippen LogP contribution in [0.2, 0.25) is 0 Å². The summed E-state index contributed by atoms with van der Waals surface area (Å²) in [7, 11) is 1.62. The highest BCUT2D eigenvalue weighted by Crippen LogP contribution is 2.24. The van der Waals surface area contributed by atoms with Crippen molar-refractivity contribution in [2.24, 2.45) is 5.73 Å². The van der Waals surface area contributed by atoms with E-state index < -0.39 is 6.04 Å². The van der Waals surface area contributed by atoms with E-state index in [9.17, 15) is 4.79 Å². The van der Waals surface area contributed by atoms with E-state index in [0.717, 1.165) is 16.9 Å². The number of benzene rings is 2. The molecule has 2 aromatic carbocycles. The van der Waals surface area contributed by atoms with Gasteiger partial charge in [0.05, 0.1) is 19.2 Å². The van der Waals surface area contributed by atoms with Crippen molar-refractivity contribution in [3.05, 3.63) is 65.7 Å². The first-order valence-corrected chi connectivity index (χ1v) is 7.34. The minimum Gasteiger partial charge on any atom is -0.496 e. The Labute approximate surface area is 131 Å². The van der Waals surface area contributed by atoms with Crippen LogP contribution in [0.15, 0.2) is 54.6 Å². The number of hydrogen-bond donors (Lipinski definition) is 2. The number of nitrogens with one attached hydrogen (secondary N) is 1. The second-order valence-corrected chi connectivity index (χ2v) is 5.27. The monoisotopic (exact) mass is 298 g/mol. The normalized spacial score (nSPS) is 13.2. The third kappa shape index (κ3) is 4.09. The van der Waals surface area contributed by atoms with E-state index in [4.69, 9.17) is 10.5 Å². The van der Waals surface area contributed by atoms with Gasteiger partial charge in [0.25, 0.3) is 0 Å². The molecule has 0 aliphatic carbocycles. The van der Waals surface area contributed by atoms with E-state index in [-0.39, 0.29) is 11.9 Å². The Morgan fingerprint density at radius 2 is 1.77 bits per heavy atom. The maximum Gasteiger partial charge on any atom is 0.237 e. The van der Waals surface area contributed by atoms with Gasteiger partial charge in [-0.15, -0.1) is 0 Å². The molecule has 0 saturated heterocycles. The molecule has 0 fully saturated rings. The Bertz CT molecular complexity index is 613. The molecule has 0 aliphatic rings. The third-order valence-electron chi connectivity index (χ3n) is 3.60. The molecule has 0 bridgehead atoms. The van der Waals surface area contributed by atoms with Gasteiger partial charge >= 0.3 is 0 Å². The van der Waals surface area contributed by atoms with E-state index in [0.29, 0.717) is 6.42 Å². The summed E-state index contributed by atoms with van der Waals surface area (Å²) in [6, 6.07) is 16.7. The summed E-state index contributed by atoms with van der Waals surface area (Å²) in [6.07, 6.45) is 0.519. The number of carbonyl (C=O) groups is 1. The van der Waals surface area contributed by atoms with Crippen LogP contribution >= 0.6 is 0 Å². The average Bonchev–Trinajstić information content (AvgIpc) is 2.55. The molecule has 2 rings (SSSR count). The van der Waals surface area contributed by atoms with Gasteiger partial charge < -0.3 is 15.8 Å². The second-order valence-electron chi connectivity index (χ2n) is 5.27. The summed E-state index contributed by atoms with van der Waals surface area (Å²) in [5.74, 6) is 0.592. The van der Waals surface area contributed by atoms with Gasteiger partial charge in [0.15, 0.2) is 0 Å². The summed E-state index contributed by atoms with van der Waals surface area (Å²) in [4.78, 5) is 12.3. The van der Waals surface area contributed by atoms with Crippen LogP contribution in [0, 0.1) is 0 Å². The van der Waals surface area contributed by atoms with Crippen LogP contribution in [-0.4, -0.2) is 19.1 Å². The fourth-order valence-electron chi connectivity index (χ4n) is 2.38. The van der Waals surface area contributed by atoms with E-state index >= 15 is 0 Å². The van der Waals surface area contributed by atoms with Gasteiger partial charge in [-0.05, 0) is 25.0 Å². The summed E-state index contributed by atoms with van der Waals surface area (Å²) in [6.45, 7) is 1.92. The van der Waals surface area contributed by atoms with Crippen LogP contribution in [-0.2, 0) is 11.2 Å². The highest BCUT2D eigenvalue weighted by molar-refractivity contribution is 5.82. The van der Waals surface area contributed by atoms with Crippen molar-refractivity contribution in [3.63, 3.8) is 0 Å². The molecule has 2 aromatic rings. The molecule has 4 heteroatoms. The molecule has 0 aliphatic heterocycles. The summed E-state index contributed by atoms with van der Waals surface area (Å²) in [5.41, 5.74) is 7.99. The van der Waals surface area contributed by atoms with Crippen molar-refractivity contribution in [1.29, 1.82) is 0 Å². The first-order valence-electron chi connectivity index (χ1n) is 7.34. The van der Waals surface area contributed by atoms with Crippen LogP contribution in [0.5, 0.6) is 5.75 Å². The lowest BCUT2D eigenvalue weighted by Gasteiger charge is -2.19. The maximum absolute atomic E-state index is 12.3. The van der Waals surface area contributed by atoms with Crippen LogP contribution in [0.1, 0.15) is 24.1 Å². The number of para-hydroxylation sites is 1. The molecule has 0 saturated carbocycles. The Kier molecular flexibility index (Phi) is 5.55. The Morgan fingerprint density at radius 1 is 1.14 bits per heavy atom. The largest absolute Gasteiger partial charge is 0.496 e. The molecule has 0 spiro atoms. The fourth-order valence-corrected chi connectivity index (χ4v) is 2.38. The SMILES string of the molecule is COc1ccccc1C(C)NC(=O)[C@@H](N)Cc1ccccc1. The number of ether oxygens (including phenoxy) is 1. The zero-order valence-corrected chi connectivity index (χ0v) is 13.0. The summed E-state index contributed by atoms with van der Waals surface area (Å²) >= 11 is 0. The number of rotatable bonds is 6. The quantitative estimate of drug-likeness (QED) is 0.861. The van der Waals surface area contributed by atoms with Gasteiger partial charge in [-0.3, -0.25) is 4.79 Å². The highest BCUT2D eigenvalue weighted by Gasteiger charge is 2.18. The molecule has 1 unspecified atom stereocenters. The topological polar surface area (TPSA) is 64.3 Å². The fraction of sp³-hybridized carbons (Fsp3) is 0.278. The van der Waals surface area contributed by atoms with E-state index in [2.05, 4.69) is 5.32 Å². The van der Waals surface area contributed by atoms with Crippen LogP contribution in [0.4, 0.5) is 0 Å². The lowest BCUT2D eigenvalue weighted by molar-refractivity contribution is -0.123. The highest BCUT2D eigenvalue weighted by atomic mass is 16.5. The Hall–Kier alpha value is -2.33. The maximum atomic E-state index is 12.3. The molecule has 22 heavy (non-hydrogen) atoms. The standard InChI is InChI=1S/C18H22N2O2/c1-13(15-10-6-7-11-17(15)22-2)20-18(21)16(19)12-14-8-4-3-5-9-14/h3-11,13,16H,12,19H2,1-2H3,(H,20,21)/t13?,16-/m0/s1. The number of hydrogen-bond acceptors (Lipinski definition) is 3. The van der Waals surface area contributed by atoms with Crippen LogP contribution < -0.4 is 15.8 Å². The predicted octanol–water partition coefficient (Wildman–Crippen LogP) is 2.44. The van der Waals surface area contributed by atoms with Gasteiger partial charge in [0.1, 0.15) is 5.75 Å². The number of amides is 1. The molecule has 4 nitrogen and oxygen atoms in total. The van der Waals surface area contributed by atoms with Crippen molar-refractivity contribution in [2.75, 3.05) is 7.11 Å². The zero-order chi connectivity index (χ0) is 15.9. The molecule has 0 heterocycles. The molecule has 1 amide bonds. The second kappa shape index (κ2) is 7.61. The minimum absolute atomic E-state index is 0.162. The number of carbonyl (C=O) groups excluding carboxylic acids is 1. The predicted molar refractivity (Wildman–Crippen MR) is 87.7 cm³/mol. The van der Waals surface area contributed by atoms with Gasteiger partial charge in [-0.1, -0.05) is 48.5 Å². The van der Waals surface area contributed by atoms with E-state index in [1.54, 1.807) is 7.11 Å². The molecule has 2 atom stereocenters. The van der Waals surface area contributed by atoms with Crippen molar-refractivity contribution >= 4 is 5.91 Å². The van der Waals surface area contributed by atoms with Gasteiger partial charge in [0.2, 0.25) is 5.91 Å². The van der Waals surface area contributed by atoms with Crippen LogP contribution in [0.25, 0.3) is 0 Å².